The van der Waals surface area contributed by atoms with Crippen LogP contribution < -0.4 is 10.6 Å². The van der Waals surface area contributed by atoms with Crippen molar-refractivity contribution in [2.75, 3.05) is 25.6 Å². The van der Waals surface area contributed by atoms with E-state index in [0.29, 0.717) is 6.54 Å². The molecule has 1 aromatic rings. The van der Waals surface area contributed by atoms with Gasteiger partial charge in [-0.3, -0.25) is 4.99 Å². The fourth-order valence-electron chi connectivity index (χ4n) is 2.33. The van der Waals surface area contributed by atoms with E-state index in [0.717, 1.165) is 42.9 Å². The lowest BCUT2D eigenvalue weighted by atomic mass is 10.2. The van der Waals surface area contributed by atoms with Crippen molar-refractivity contribution in [3.05, 3.63) is 11.6 Å². The average Bonchev–Trinajstić information content (AvgIpc) is 2.70. The van der Waals surface area contributed by atoms with Crippen molar-refractivity contribution in [2.24, 2.45) is 4.99 Å². The summed E-state index contributed by atoms with van der Waals surface area (Å²) in [5, 5.41) is 15.2. The quantitative estimate of drug-likeness (QED) is 0.483. The van der Waals surface area contributed by atoms with Crippen molar-refractivity contribution < 1.29 is 0 Å². The first-order chi connectivity index (χ1) is 9.85. The second-order valence-corrected chi connectivity index (χ2v) is 5.83. The molecule has 2 N–H and O–H groups in total. The lowest BCUT2D eigenvalue weighted by Crippen LogP contribution is -2.38. The Labute approximate surface area is 124 Å². The van der Waals surface area contributed by atoms with Gasteiger partial charge in [0.05, 0.1) is 6.54 Å². The fraction of sp³-hybridized carbons (Fsp3) is 0.769. The van der Waals surface area contributed by atoms with Gasteiger partial charge in [0.15, 0.2) is 11.8 Å². The van der Waals surface area contributed by atoms with Crippen molar-refractivity contribution in [2.45, 2.75) is 38.8 Å². The highest BCUT2D eigenvalue weighted by molar-refractivity contribution is 7.98. The lowest BCUT2D eigenvalue weighted by Gasteiger charge is -2.12. The number of guanidine groups is 1. The Morgan fingerprint density at radius 2 is 2.20 bits per heavy atom. The van der Waals surface area contributed by atoms with Crippen LogP contribution in [0.25, 0.3) is 0 Å². The van der Waals surface area contributed by atoms with Crippen LogP contribution in [0.4, 0.5) is 0 Å². The molecule has 20 heavy (non-hydrogen) atoms. The van der Waals surface area contributed by atoms with E-state index >= 15 is 0 Å². The third-order valence-electron chi connectivity index (χ3n) is 3.42. The number of nitrogens with one attached hydrogen (secondary N) is 2. The number of hydrogen-bond acceptors (Lipinski definition) is 4. The number of aryl methyl sites for hydroxylation is 1. The lowest BCUT2D eigenvalue weighted by molar-refractivity contribution is 0.597. The molecule has 1 aliphatic heterocycles. The first-order valence-corrected chi connectivity index (χ1v) is 8.59. The summed E-state index contributed by atoms with van der Waals surface area (Å²) in [6, 6.07) is 0. The van der Waals surface area contributed by atoms with E-state index in [1.807, 2.05) is 11.8 Å². The van der Waals surface area contributed by atoms with Crippen LogP contribution in [0, 0.1) is 0 Å². The number of aromatic nitrogens is 3. The molecule has 0 aromatic carbocycles. The number of hydrogen-bond donors (Lipinski definition) is 2. The molecule has 0 atom stereocenters. The SMILES string of the molecule is CN=C(NCCSC)NCc1nnc2n1CCCCC2. The molecular weight excluding hydrogens is 272 g/mol. The van der Waals surface area contributed by atoms with Crippen molar-refractivity contribution in [3.8, 4) is 0 Å². The predicted molar refractivity (Wildman–Crippen MR) is 84.2 cm³/mol. The first-order valence-electron chi connectivity index (χ1n) is 7.19. The summed E-state index contributed by atoms with van der Waals surface area (Å²) in [5.74, 6) is 4.03. The van der Waals surface area contributed by atoms with Crippen molar-refractivity contribution in [1.82, 2.24) is 25.4 Å². The molecule has 0 unspecified atom stereocenters. The molecule has 0 saturated carbocycles. The summed E-state index contributed by atoms with van der Waals surface area (Å²) in [6.45, 7) is 2.63. The van der Waals surface area contributed by atoms with Gasteiger partial charge in [0.25, 0.3) is 0 Å². The van der Waals surface area contributed by atoms with Crippen LogP contribution in [0.3, 0.4) is 0 Å². The van der Waals surface area contributed by atoms with Gasteiger partial charge >= 0.3 is 0 Å². The van der Waals surface area contributed by atoms with Gasteiger partial charge in [0, 0.05) is 32.3 Å². The summed E-state index contributed by atoms with van der Waals surface area (Å²) in [7, 11) is 1.79. The van der Waals surface area contributed by atoms with Crippen LogP contribution in [0.15, 0.2) is 4.99 Å². The molecule has 6 nitrogen and oxygen atoms in total. The van der Waals surface area contributed by atoms with E-state index in [1.54, 1.807) is 7.05 Å². The maximum Gasteiger partial charge on any atom is 0.191 e. The van der Waals surface area contributed by atoms with Gasteiger partial charge in [0.2, 0.25) is 0 Å². The Morgan fingerprint density at radius 3 is 3.00 bits per heavy atom. The maximum atomic E-state index is 4.31. The molecule has 112 valence electrons. The van der Waals surface area contributed by atoms with E-state index in [-0.39, 0.29) is 0 Å². The molecule has 1 aliphatic rings. The highest BCUT2D eigenvalue weighted by Gasteiger charge is 2.14. The summed E-state index contributed by atoms with van der Waals surface area (Å²) in [4.78, 5) is 4.22. The molecule has 2 heterocycles. The number of rotatable bonds is 5. The van der Waals surface area contributed by atoms with Crippen LogP contribution >= 0.6 is 11.8 Å². The van der Waals surface area contributed by atoms with Gasteiger partial charge in [-0.05, 0) is 19.1 Å². The van der Waals surface area contributed by atoms with Gasteiger partial charge in [-0.1, -0.05) is 6.42 Å². The van der Waals surface area contributed by atoms with Crippen LogP contribution in [0.2, 0.25) is 0 Å². The van der Waals surface area contributed by atoms with Gasteiger partial charge in [-0.25, -0.2) is 0 Å². The minimum atomic E-state index is 0.673. The van der Waals surface area contributed by atoms with E-state index in [4.69, 9.17) is 0 Å². The van der Waals surface area contributed by atoms with E-state index < -0.39 is 0 Å². The highest BCUT2D eigenvalue weighted by atomic mass is 32.2. The minimum absolute atomic E-state index is 0.673. The summed E-state index contributed by atoms with van der Waals surface area (Å²) in [6.07, 6.45) is 6.88. The minimum Gasteiger partial charge on any atom is -0.356 e. The Balaban J connectivity index is 1.88. The maximum absolute atomic E-state index is 4.31. The topological polar surface area (TPSA) is 67.1 Å². The zero-order valence-corrected chi connectivity index (χ0v) is 13.2. The van der Waals surface area contributed by atoms with Crippen LogP contribution in [-0.4, -0.2) is 46.3 Å². The zero-order valence-electron chi connectivity index (χ0n) is 12.4. The molecule has 0 saturated heterocycles. The summed E-state index contributed by atoms with van der Waals surface area (Å²) < 4.78 is 2.26. The molecule has 7 heteroatoms. The molecule has 0 aliphatic carbocycles. The van der Waals surface area contributed by atoms with Gasteiger partial charge in [-0.15, -0.1) is 10.2 Å². The number of thioether (sulfide) groups is 1. The smallest absolute Gasteiger partial charge is 0.191 e. The molecule has 0 radical (unpaired) electrons. The van der Waals surface area contributed by atoms with Gasteiger partial charge in [-0.2, -0.15) is 11.8 Å². The number of nitrogens with zero attached hydrogens (tertiary/aromatic N) is 4. The summed E-state index contributed by atoms with van der Waals surface area (Å²) in [5.41, 5.74) is 0. The van der Waals surface area contributed by atoms with Crippen molar-refractivity contribution in [1.29, 1.82) is 0 Å². The Kier molecular flexibility index (Phi) is 6.17. The normalized spacial score (nSPS) is 15.6. The van der Waals surface area contributed by atoms with Crippen LogP contribution in [0.5, 0.6) is 0 Å². The molecule has 0 spiro atoms. The van der Waals surface area contributed by atoms with Gasteiger partial charge in [0.1, 0.15) is 5.82 Å². The molecule has 0 bridgehead atoms. The molecule has 1 aromatic heterocycles. The fourth-order valence-corrected chi connectivity index (χ4v) is 2.64. The van der Waals surface area contributed by atoms with Crippen molar-refractivity contribution >= 4 is 17.7 Å². The van der Waals surface area contributed by atoms with Crippen molar-refractivity contribution in [3.63, 3.8) is 0 Å². The first kappa shape index (κ1) is 15.2. The average molecular weight is 296 g/mol. The zero-order chi connectivity index (χ0) is 14.2. The van der Waals surface area contributed by atoms with E-state index in [2.05, 4.69) is 36.6 Å². The second-order valence-electron chi connectivity index (χ2n) is 4.84. The molecular formula is C13H24N6S. The summed E-state index contributed by atoms with van der Waals surface area (Å²) >= 11 is 1.82. The third kappa shape index (κ3) is 4.13. The Hall–Kier alpha value is -1.24. The highest BCUT2D eigenvalue weighted by Crippen LogP contribution is 2.14. The molecule has 0 amide bonds. The Bertz CT molecular complexity index is 442. The van der Waals surface area contributed by atoms with Gasteiger partial charge < -0.3 is 15.2 Å². The van der Waals surface area contributed by atoms with E-state index in [9.17, 15) is 0 Å². The molecule has 2 rings (SSSR count). The Morgan fingerprint density at radius 1 is 1.30 bits per heavy atom. The third-order valence-corrected chi connectivity index (χ3v) is 4.03. The standard InChI is InChI=1S/C13H24N6S/c1-14-13(15-7-9-20-2)16-10-12-18-17-11-6-4-3-5-8-19(11)12/h3-10H2,1-2H3,(H2,14,15,16). The monoisotopic (exact) mass is 296 g/mol. The van der Waals surface area contributed by atoms with Crippen LogP contribution in [0.1, 0.15) is 30.9 Å². The number of aliphatic imine (C=N–C) groups is 1. The molecule has 0 fully saturated rings. The van der Waals surface area contributed by atoms with E-state index in [1.165, 1.54) is 19.3 Å². The predicted octanol–water partition coefficient (Wildman–Crippen LogP) is 1.03. The largest absolute Gasteiger partial charge is 0.356 e. The second kappa shape index (κ2) is 8.14. The number of fused-ring (bicyclic) bond motifs is 1. The van der Waals surface area contributed by atoms with Crippen LogP contribution in [-0.2, 0) is 19.5 Å².